The maximum Gasteiger partial charge on any atom is 0.573 e. The van der Waals surface area contributed by atoms with Crippen molar-refractivity contribution >= 4 is 11.6 Å². The lowest BCUT2D eigenvalue weighted by molar-refractivity contribution is -0.274. The SMILES string of the molecule is COCc1nnc2n1Cc1c(-c3nc(C)no3)ncn1-c1ccc(-c3ccccc3)cc1-2.COCc1nnc2n1Cc1c(-c3nc(C)no3)ncn1-c1ccc(-c3cccnc3)cc1-2.COCc1nnc2n1Cc1c(-c3nc(C)no3)ncn1-c1ccc(C#N)cc1-2.COCc1nnc2n1Cc1c(-c3ncco3)ncn1-c1c(Cl)cccc1-2.COCc1nnc2n1Cc1c(-c3ncco3)ncn1-c1ccc(OC(F)(F)F)cc1-2. The molecule has 0 saturated carbocycles. The van der Waals surface area contributed by atoms with Crippen LogP contribution in [0.5, 0.6) is 5.75 Å². The molecule has 50 heteroatoms. The summed E-state index contributed by atoms with van der Waals surface area (Å²) in [6, 6.07) is 44.2. The number of rotatable bonds is 18. The zero-order valence-corrected chi connectivity index (χ0v) is 80.0. The Labute approximate surface area is 837 Å². The number of nitrogens with zero attached hydrogens (tertiary/aromatic N) is 35. The number of halogens is 4. The fraction of sp³-hybridized carbons (Fsp3) is 0.194. The highest BCUT2D eigenvalue weighted by molar-refractivity contribution is 6.33. The minimum Gasteiger partial charge on any atom is -0.443 e. The molecule has 0 spiro atoms. The van der Waals surface area contributed by atoms with Crippen molar-refractivity contribution in [1.29, 1.82) is 5.26 Å². The van der Waals surface area contributed by atoms with E-state index in [0.717, 1.165) is 125 Å². The molecule has 46 nitrogen and oxygen atoms in total. The first-order chi connectivity index (χ1) is 72.4. The molecule has 0 unspecified atom stereocenters. The molecule has 22 aromatic rings. The van der Waals surface area contributed by atoms with Gasteiger partial charge in [0.15, 0.2) is 92.8 Å². The van der Waals surface area contributed by atoms with Gasteiger partial charge in [-0.1, -0.05) is 81.7 Å². The summed E-state index contributed by atoms with van der Waals surface area (Å²) in [5, 5.41) is 65.1. The number of methoxy groups -OCH3 is 5. The van der Waals surface area contributed by atoms with Gasteiger partial charge in [0.2, 0.25) is 11.8 Å². The van der Waals surface area contributed by atoms with E-state index >= 15 is 0 Å². The highest BCUT2D eigenvalue weighted by atomic mass is 35.5. The number of fused-ring (bicyclic) bond motifs is 25. The first-order valence-electron chi connectivity index (χ1n) is 45.4. The minimum atomic E-state index is -4.81. The maximum atomic E-state index is 12.7. The molecule has 21 heterocycles. The van der Waals surface area contributed by atoms with Crippen molar-refractivity contribution in [3.63, 3.8) is 0 Å². The fourth-order valence-corrected chi connectivity index (χ4v) is 18.5. The van der Waals surface area contributed by atoms with Crippen molar-refractivity contribution in [2.75, 3.05) is 35.5 Å². The number of oxazole rings is 2. The van der Waals surface area contributed by atoms with Crippen LogP contribution < -0.4 is 4.74 Å². The first-order valence-corrected chi connectivity index (χ1v) is 45.8. The monoisotopic (exact) mass is 2010 g/mol. The van der Waals surface area contributed by atoms with Gasteiger partial charge in [0.05, 0.1) is 119 Å². The van der Waals surface area contributed by atoms with Crippen molar-refractivity contribution < 1.29 is 64.0 Å². The molecule has 0 aliphatic carbocycles. The highest BCUT2D eigenvalue weighted by Crippen LogP contribution is 2.45. The second-order valence-corrected chi connectivity index (χ2v) is 34.1. The third-order valence-electron chi connectivity index (χ3n) is 24.7. The standard InChI is InChI=1S/C23H19N7O2.C22H18N8O2.C18H13F3N6O3.C18H14N8O2.C17H13ClN6O2/c1-14-25-23(32-28-14)21-19-11-29-20(12-31-2)26-27-22(29)17-10-16(15-6-4-3-5-7-15)8-9-18(17)30(19)13-24-21;1-13-25-22(32-28-13)20-18-10-29-19(11-31-2)26-27-21(29)16-8-14(15-4-3-7-23-9-15)5-6-17(16)30(18)12-24-20;1-28-8-14-24-25-16-11-6-10(30-18(19,20)21)2-3-12(11)27-9-23-15(13(27)7-26(14)16)17-22-4-5-29-17;1-10-21-18(28-24-10)16-14-7-25-15(8-27-2)22-23-17(25)12-5-11(6-19)3-4-13(12)26(14)9-20-16;1-25-8-13-21-22-16-10-3-2-4-11(18)15(10)24-9-20-14(12(24)7-23(13)16)17-19-5-6-26-17/h3-10,13H,11-12H2,1-2H3;3-9,12H,10-11H2,1-2H3;2-6,9H,7-8H2,1H3;3-5,9H,7-8H2,1-2H3;2-6,9H,7-8H2,1H3. The van der Waals surface area contributed by atoms with Gasteiger partial charge in [0.1, 0.15) is 94.3 Å². The van der Waals surface area contributed by atoms with E-state index in [1.807, 2.05) is 88.2 Å². The molecular weight excluding hydrogens is 1940 g/mol. The lowest BCUT2D eigenvalue weighted by Gasteiger charge is -2.13. The molecular formula is C98H77ClF3N35O11. The Bertz CT molecular complexity index is 8530. The van der Waals surface area contributed by atoms with E-state index in [1.165, 1.54) is 44.0 Å². The smallest absolute Gasteiger partial charge is 0.443 e. The molecule has 148 heavy (non-hydrogen) atoms. The van der Waals surface area contributed by atoms with E-state index in [4.69, 9.17) is 57.7 Å². The molecule has 0 radical (unpaired) electrons. The summed E-state index contributed by atoms with van der Waals surface area (Å²) in [6.07, 6.45) is 13.4. The summed E-state index contributed by atoms with van der Waals surface area (Å²) in [5.41, 5.74) is 20.2. The van der Waals surface area contributed by atoms with Gasteiger partial charge in [-0.05, 0) is 116 Å². The number of alkyl halides is 3. The van der Waals surface area contributed by atoms with Crippen molar-refractivity contribution in [3.8, 4) is 177 Å². The Morgan fingerprint density at radius 2 is 0.730 bits per heavy atom. The number of para-hydroxylation sites is 1. The molecule has 5 aliphatic heterocycles. The predicted molar refractivity (Wildman–Crippen MR) is 512 cm³/mol. The Hall–Kier alpha value is -18.8. The summed E-state index contributed by atoms with van der Waals surface area (Å²) in [5.74, 6) is 9.89. The normalized spacial score (nSPS) is 12.3. The number of nitriles is 1. The van der Waals surface area contributed by atoms with Crippen LogP contribution in [0, 0.1) is 32.1 Å². The molecule has 6 aromatic carbocycles. The van der Waals surface area contributed by atoms with Gasteiger partial charge in [-0.2, -0.15) is 20.2 Å². The number of imidazole rings is 5. The third kappa shape index (κ3) is 17.1. The summed E-state index contributed by atoms with van der Waals surface area (Å²) >= 11 is 6.54. The first kappa shape index (κ1) is 92.9. The van der Waals surface area contributed by atoms with Crippen LogP contribution in [0.1, 0.15) is 80.6 Å². The largest absolute Gasteiger partial charge is 0.573 e. The van der Waals surface area contributed by atoms with Gasteiger partial charge in [-0.25, -0.2) is 34.9 Å². The number of aromatic nitrogens is 34. The van der Waals surface area contributed by atoms with Crippen LogP contribution in [-0.4, -0.2) is 209 Å². The number of hydrogen-bond donors (Lipinski definition) is 0. The van der Waals surface area contributed by atoms with E-state index in [2.05, 4.69) is 190 Å². The topological polar surface area (TPSA) is 504 Å². The fourth-order valence-electron chi connectivity index (χ4n) is 18.2. The van der Waals surface area contributed by atoms with Gasteiger partial charge >= 0.3 is 6.36 Å². The Morgan fingerprint density at radius 1 is 0.365 bits per heavy atom. The van der Waals surface area contributed by atoms with Crippen LogP contribution in [-0.2, 0) is 89.4 Å². The van der Waals surface area contributed by atoms with Crippen LogP contribution in [0.25, 0.3) is 166 Å². The highest BCUT2D eigenvalue weighted by Gasteiger charge is 2.38. The van der Waals surface area contributed by atoms with Crippen LogP contribution in [0.2, 0.25) is 5.02 Å². The van der Waals surface area contributed by atoms with Gasteiger partial charge < -0.3 is 73.7 Å². The molecule has 27 rings (SSSR count). The quantitative estimate of drug-likeness (QED) is 0.0770. The third-order valence-corrected chi connectivity index (χ3v) is 25.0. The molecule has 0 fully saturated rings. The molecule has 738 valence electrons. The summed E-state index contributed by atoms with van der Waals surface area (Å²) < 4.78 is 115. The van der Waals surface area contributed by atoms with Crippen molar-refractivity contribution in [2.45, 2.75) is 92.9 Å². The van der Waals surface area contributed by atoms with E-state index in [1.54, 1.807) is 115 Å². The van der Waals surface area contributed by atoms with Crippen LogP contribution in [0.4, 0.5) is 13.2 Å². The van der Waals surface area contributed by atoms with Crippen molar-refractivity contribution in [2.24, 2.45) is 0 Å². The molecule has 5 aliphatic rings. The minimum absolute atomic E-state index is 0.170. The zero-order chi connectivity index (χ0) is 101. The average Bonchev–Trinajstić information content (AvgIpc) is 1.60. The van der Waals surface area contributed by atoms with Crippen molar-refractivity contribution in [3.05, 3.63) is 288 Å². The lowest BCUT2D eigenvalue weighted by atomic mass is 10.0. The van der Waals surface area contributed by atoms with Crippen LogP contribution in [0.3, 0.4) is 0 Å². The van der Waals surface area contributed by atoms with Gasteiger partial charge in [-0.3, -0.25) is 27.8 Å². The second-order valence-electron chi connectivity index (χ2n) is 33.7. The molecule has 0 bridgehead atoms. The molecule has 0 saturated heterocycles. The molecule has 0 amide bonds. The predicted octanol–water partition coefficient (Wildman–Crippen LogP) is 14.7. The number of ether oxygens (including phenoxy) is 6. The van der Waals surface area contributed by atoms with Crippen molar-refractivity contribution in [1.82, 2.24) is 167 Å². The molecule has 16 aromatic heterocycles. The number of pyridine rings is 1. The van der Waals surface area contributed by atoms with E-state index < -0.39 is 6.36 Å². The Balaban J connectivity index is 0.000000102. The summed E-state index contributed by atoms with van der Waals surface area (Å²) in [7, 11) is 8.05. The van der Waals surface area contributed by atoms with E-state index in [-0.39, 0.29) is 18.9 Å². The Morgan fingerprint density at radius 3 is 1.10 bits per heavy atom. The zero-order valence-electron chi connectivity index (χ0n) is 79.3. The average molecular weight is 2010 g/mol. The molecule has 0 N–H and O–H groups in total. The van der Waals surface area contributed by atoms with E-state index in [0.29, 0.717) is 179 Å². The number of aryl methyl sites for hydroxylation is 3. The second kappa shape index (κ2) is 38.8. The Kier molecular flexibility index (Phi) is 24.4. The van der Waals surface area contributed by atoms with Crippen LogP contribution >= 0.6 is 11.6 Å². The van der Waals surface area contributed by atoms with Gasteiger partial charge in [0.25, 0.3) is 17.7 Å². The van der Waals surface area contributed by atoms with Gasteiger partial charge in [-0.15, -0.1) is 64.2 Å². The number of benzene rings is 6. The van der Waals surface area contributed by atoms with E-state index in [9.17, 15) is 18.4 Å². The summed E-state index contributed by atoms with van der Waals surface area (Å²) in [6.45, 7) is 9.04. The summed E-state index contributed by atoms with van der Waals surface area (Å²) in [4.78, 5) is 48.4. The lowest BCUT2D eigenvalue weighted by Crippen LogP contribution is -2.17. The maximum absolute atomic E-state index is 12.7. The van der Waals surface area contributed by atoms with Crippen LogP contribution in [0.15, 0.2) is 225 Å². The number of hydrogen-bond acceptors (Lipinski definition) is 36. The van der Waals surface area contributed by atoms with Gasteiger partial charge in [0, 0.05) is 81.3 Å². The molecule has 0 atom stereocenters.